The van der Waals surface area contributed by atoms with Crippen molar-refractivity contribution in [1.29, 1.82) is 0 Å². The third kappa shape index (κ3) is 3.52. The van der Waals surface area contributed by atoms with Crippen molar-refractivity contribution < 1.29 is 19.0 Å². The van der Waals surface area contributed by atoms with Crippen molar-refractivity contribution in [3.8, 4) is 0 Å². The molecular formula is C12H20O4. The Balaban J connectivity index is 2.65. The maximum absolute atomic E-state index is 11.1. The molecule has 0 amide bonds. The van der Waals surface area contributed by atoms with E-state index in [2.05, 4.69) is 18.6 Å². The molecule has 0 aromatic rings. The van der Waals surface area contributed by atoms with Gasteiger partial charge in [0.15, 0.2) is 6.29 Å². The number of carbonyl (C=O) groups excluding carboxylic acids is 1. The molecule has 0 aromatic carbocycles. The highest BCUT2D eigenvalue weighted by molar-refractivity contribution is 5.82. The van der Waals surface area contributed by atoms with E-state index in [1.165, 1.54) is 13.2 Å². The summed E-state index contributed by atoms with van der Waals surface area (Å²) in [7, 11) is 1.35. The summed E-state index contributed by atoms with van der Waals surface area (Å²) in [5.41, 5.74) is 0. The fourth-order valence-electron chi connectivity index (χ4n) is 1.64. The summed E-state index contributed by atoms with van der Waals surface area (Å²) >= 11 is 0. The molecule has 1 rings (SSSR count). The van der Waals surface area contributed by atoms with Crippen LogP contribution in [0.3, 0.4) is 0 Å². The van der Waals surface area contributed by atoms with E-state index in [4.69, 9.17) is 9.47 Å². The van der Waals surface area contributed by atoms with Gasteiger partial charge in [-0.2, -0.15) is 0 Å². The van der Waals surface area contributed by atoms with Crippen molar-refractivity contribution in [3.63, 3.8) is 0 Å². The lowest BCUT2D eigenvalue weighted by atomic mass is 10.2. The number of hydrogen-bond acceptors (Lipinski definition) is 4. The number of methoxy groups -OCH3 is 1. The molecule has 92 valence electrons. The van der Waals surface area contributed by atoms with Crippen LogP contribution in [0.25, 0.3) is 0 Å². The summed E-state index contributed by atoms with van der Waals surface area (Å²) < 4.78 is 15.9. The Hall–Kier alpha value is -1.03. The van der Waals surface area contributed by atoms with E-state index in [0.29, 0.717) is 5.76 Å². The zero-order valence-corrected chi connectivity index (χ0v) is 10.2. The molecular weight excluding hydrogens is 208 g/mol. The Labute approximate surface area is 96.6 Å². The molecule has 1 aliphatic heterocycles. The van der Waals surface area contributed by atoms with Crippen LogP contribution in [0.15, 0.2) is 11.8 Å². The van der Waals surface area contributed by atoms with E-state index < -0.39 is 5.97 Å². The van der Waals surface area contributed by atoms with Crippen molar-refractivity contribution in [2.75, 3.05) is 7.11 Å². The summed E-state index contributed by atoms with van der Waals surface area (Å²) in [6.07, 6.45) is 4.77. The molecule has 0 aliphatic carbocycles. The smallest absolute Gasteiger partial charge is 0.333 e. The third-order valence-corrected chi connectivity index (χ3v) is 2.44. The van der Waals surface area contributed by atoms with Gasteiger partial charge < -0.3 is 14.2 Å². The molecule has 0 spiro atoms. The minimum Gasteiger partial charge on any atom is -0.466 e. The fourth-order valence-corrected chi connectivity index (χ4v) is 1.64. The van der Waals surface area contributed by atoms with Crippen LogP contribution >= 0.6 is 0 Å². The van der Waals surface area contributed by atoms with E-state index >= 15 is 0 Å². The topological polar surface area (TPSA) is 44.8 Å². The predicted octanol–water partition coefficient (Wildman–Crippen LogP) is 2.39. The summed E-state index contributed by atoms with van der Waals surface area (Å²) in [4.78, 5) is 11.1. The van der Waals surface area contributed by atoms with Crippen LogP contribution in [0.2, 0.25) is 0 Å². The van der Waals surface area contributed by atoms with E-state index in [1.807, 2.05) is 0 Å². The van der Waals surface area contributed by atoms with Crippen molar-refractivity contribution in [2.45, 2.75) is 51.9 Å². The highest BCUT2D eigenvalue weighted by Crippen LogP contribution is 2.28. The Morgan fingerprint density at radius 3 is 2.62 bits per heavy atom. The van der Waals surface area contributed by atoms with Gasteiger partial charge in [0.05, 0.1) is 13.2 Å². The number of rotatable bonds is 5. The van der Waals surface area contributed by atoms with Gasteiger partial charge in [0.2, 0.25) is 0 Å². The highest BCUT2D eigenvalue weighted by atomic mass is 16.7. The molecule has 0 radical (unpaired) electrons. The third-order valence-electron chi connectivity index (χ3n) is 2.44. The normalized spacial score (nSPS) is 26.8. The van der Waals surface area contributed by atoms with Gasteiger partial charge in [-0.1, -0.05) is 26.7 Å². The first-order chi connectivity index (χ1) is 7.71. The average molecular weight is 228 g/mol. The monoisotopic (exact) mass is 228 g/mol. The van der Waals surface area contributed by atoms with Crippen molar-refractivity contribution in [3.05, 3.63) is 11.8 Å². The molecule has 1 heterocycles. The van der Waals surface area contributed by atoms with Crippen LogP contribution in [-0.4, -0.2) is 25.5 Å². The molecule has 16 heavy (non-hydrogen) atoms. The van der Waals surface area contributed by atoms with Crippen LogP contribution in [0.4, 0.5) is 0 Å². The van der Waals surface area contributed by atoms with Crippen LogP contribution < -0.4 is 0 Å². The molecule has 1 saturated heterocycles. The molecule has 1 aliphatic rings. The zero-order chi connectivity index (χ0) is 12.0. The zero-order valence-electron chi connectivity index (χ0n) is 10.2. The Morgan fingerprint density at radius 2 is 2.06 bits per heavy atom. The van der Waals surface area contributed by atoms with Gasteiger partial charge in [0.25, 0.3) is 0 Å². The van der Waals surface area contributed by atoms with Crippen molar-refractivity contribution in [2.24, 2.45) is 0 Å². The Kier molecular flexibility index (Phi) is 5.32. The summed E-state index contributed by atoms with van der Waals surface area (Å²) in [5, 5.41) is 0. The van der Waals surface area contributed by atoms with Crippen LogP contribution in [0.5, 0.6) is 0 Å². The molecule has 2 atom stereocenters. The highest BCUT2D eigenvalue weighted by Gasteiger charge is 2.31. The van der Waals surface area contributed by atoms with Gasteiger partial charge >= 0.3 is 5.97 Å². The van der Waals surface area contributed by atoms with Crippen LogP contribution in [0.1, 0.15) is 39.5 Å². The molecule has 4 heteroatoms. The Morgan fingerprint density at radius 1 is 1.38 bits per heavy atom. The second kappa shape index (κ2) is 6.53. The lowest BCUT2D eigenvalue weighted by Gasteiger charge is -2.07. The Bertz CT molecular complexity index is 260. The van der Waals surface area contributed by atoms with Gasteiger partial charge in [-0.15, -0.1) is 0 Å². The van der Waals surface area contributed by atoms with E-state index in [-0.39, 0.29) is 12.4 Å². The molecule has 1 fully saturated rings. The predicted molar refractivity (Wildman–Crippen MR) is 59.7 cm³/mol. The van der Waals surface area contributed by atoms with E-state index in [9.17, 15) is 4.79 Å². The maximum atomic E-state index is 11.1. The summed E-state index contributed by atoms with van der Waals surface area (Å²) in [6, 6.07) is 0. The van der Waals surface area contributed by atoms with E-state index in [0.717, 1.165) is 25.7 Å². The van der Waals surface area contributed by atoms with Gasteiger partial charge in [-0.3, -0.25) is 0 Å². The molecule has 2 unspecified atom stereocenters. The van der Waals surface area contributed by atoms with Gasteiger partial charge in [0.1, 0.15) is 11.9 Å². The molecule has 0 bridgehead atoms. The van der Waals surface area contributed by atoms with Crippen LogP contribution in [0, 0.1) is 0 Å². The minimum atomic E-state index is -0.392. The summed E-state index contributed by atoms with van der Waals surface area (Å²) in [5.74, 6) is 0.212. The largest absolute Gasteiger partial charge is 0.466 e. The number of esters is 1. The molecule has 4 nitrogen and oxygen atoms in total. The van der Waals surface area contributed by atoms with Gasteiger partial charge in [0, 0.05) is 6.42 Å². The minimum absolute atomic E-state index is 0.0966. The first-order valence-electron chi connectivity index (χ1n) is 5.82. The van der Waals surface area contributed by atoms with E-state index in [1.54, 1.807) is 0 Å². The molecule has 0 N–H and O–H groups in total. The number of carbonyl (C=O) groups is 1. The first kappa shape index (κ1) is 13.0. The SMILES string of the molecule is CCCC1O/C(=C\C(=O)OC)C(CCC)O1. The first-order valence-corrected chi connectivity index (χ1v) is 5.82. The number of ether oxygens (including phenoxy) is 3. The lowest BCUT2D eigenvalue weighted by Crippen LogP contribution is -2.11. The molecule has 0 aromatic heterocycles. The van der Waals surface area contributed by atoms with Gasteiger partial charge in [-0.05, 0) is 6.42 Å². The fraction of sp³-hybridized carbons (Fsp3) is 0.750. The van der Waals surface area contributed by atoms with Crippen LogP contribution in [-0.2, 0) is 19.0 Å². The number of hydrogen-bond donors (Lipinski definition) is 0. The average Bonchev–Trinajstić information content (AvgIpc) is 2.62. The van der Waals surface area contributed by atoms with Crippen molar-refractivity contribution in [1.82, 2.24) is 0 Å². The maximum Gasteiger partial charge on any atom is 0.333 e. The quantitative estimate of drug-likeness (QED) is 0.535. The van der Waals surface area contributed by atoms with Gasteiger partial charge in [-0.25, -0.2) is 4.79 Å². The lowest BCUT2D eigenvalue weighted by molar-refractivity contribution is -0.135. The molecule has 0 saturated carbocycles. The van der Waals surface area contributed by atoms with Crippen molar-refractivity contribution >= 4 is 5.97 Å². The standard InChI is InChI=1S/C12H20O4/c1-4-6-9-10(8-11(13)14-3)16-12(15-9)7-5-2/h8-9,12H,4-7H2,1-3H3/b10-8-. The summed E-state index contributed by atoms with van der Waals surface area (Å²) in [6.45, 7) is 4.15. The second-order valence-corrected chi connectivity index (χ2v) is 3.82. The second-order valence-electron chi connectivity index (χ2n) is 3.82.